The molecule has 1 aliphatic heterocycles. The number of hydrogen-bond donors (Lipinski definition) is 1. The summed E-state index contributed by atoms with van der Waals surface area (Å²) < 4.78 is 42.0. The van der Waals surface area contributed by atoms with E-state index in [2.05, 4.69) is 10.2 Å². The van der Waals surface area contributed by atoms with Crippen LogP contribution in [0.4, 0.5) is 10.1 Å². The fourth-order valence-corrected chi connectivity index (χ4v) is 3.96. The average molecular weight is 332 g/mol. The smallest absolute Gasteiger partial charge is 0.246 e. The van der Waals surface area contributed by atoms with E-state index in [1.54, 1.807) is 4.57 Å². The number of fused-ring (bicyclic) bond motifs is 1. The molecular weight excluding hydrogens is 321 g/mol. The van der Waals surface area contributed by atoms with Crippen LogP contribution in [0, 0.1) is 5.82 Å². The third-order valence-corrected chi connectivity index (χ3v) is 5.32. The van der Waals surface area contributed by atoms with Gasteiger partial charge in [-0.1, -0.05) is 11.6 Å². The predicted octanol–water partition coefficient (Wildman–Crippen LogP) is 0.857. The molecule has 0 aliphatic carbocycles. The second-order valence-electron chi connectivity index (χ2n) is 4.59. The molecule has 10 heteroatoms. The Bertz CT molecular complexity index is 807. The van der Waals surface area contributed by atoms with Crippen LogP contribution in [-0.4, -0.2) is 34.0 Å². The lowest BCUT2D eigenvalue weighted by molar-refractivity contribution is 0.334. The number of nitrogen functional groups attached to an aromatic ring is 1. The standard InChI is InChI=1S/C11H11ClFN5O2S/c12-7-3-8(14)11(13)9(4-7)21(19,20)18-2-1-17-6-15-16-10(17)5-18/h3-4,6H,1-2,5,14H2. The molecule has 0 saturated heterocycles. The first kappa shape index (κ1) is 14.2. The molecule has 2 heterocycles. The Hall–Kier alpha value is -1.71. The molecule has 1 aromatic carbocycles. The van der Waals surface area contributed by atoms with Crippen LogP contribution in [0.2, 0.25) is 5.02 Å². The summed E-state index contributed by atoms with van der Waals surface area (Å²) in [6.07, 6.45) is 1.53. The van der Waals surface area contributed by atoms with Gasteiger partial charge in [-0.2, -0.15) is 4.31 Å². The van der Waals surface area contributed by atoms with E-state index in [-0.39, 0.29) is 23.8 Å². The van der Waals surface area contributed by atoms with Gasteiger partial charge in [-0.15, -0.1) is 10.2 Å². The lowest BCUT2D eigenvalue weighted by atomic mass is 10.3. The van der Waals surface area contributed by atoms with Gasteiger partial charge in [0.2, 0.25) is 10.0 Å². The molecule has 3 rings (SSSR count). The Kier molecular flexibility index (Phi) is 3.34. The van der Waals surface area contributed by atoms with E-state index in [1.807, 2.05) is 0 Å². The van der Waals surface area contributed by atoms with Crippen LogP contribution >= 0.6 is 11.6 Å². The average Bonchev–Trinajstić information content (AvgIpc) is 2.89. The number of rotatable bonds is 2. The lowest BCUT2D eigenvalue weighted by Gasteiger charge is -2.26. The normalized spacial score (nSPS) is 15.9. The molecule has 0 spiro atoms. The van der Waals surface area contributed by atoms with Crippen molar-refractivity contribution in [1.82, 2.24) is 19.1 Å². The third-order valence-electron chi connectivity index (χ3n) is 3.25. The number of anilines is 1. The molecule has 0 radical (unpaired) electrons. The van der Waals surface area contributed by atoms with Crippen LogP contribution in [0.5, 0.6) is 0 Å². The first-order chi connectivity index (χ1) is 9.89. The maximum absolute atomic E-state index is 14.0. The molecule has 0 unspecified atom stereocenters. The zero-order chi connectivity index (χ0) is 15.2. The van der Waals surface area contributed by atoms with Gasteiger partial charge in [-0.3, -0.25) is 0 Å². The number of halogens is 2. The molecule has 0 fully saturated rings. The summed E-state index contributed by atoms with van der Waals surface area (Å²) in [5.41, 5.74) is 5.13. The molecule has 0 atom stereocenters. The number of hydrogen-bond acceptors (Lipinski definition) is 5. The van der Waals surface area contributed by atoms with Gasteiger partial charge in [0.25, 0.3) is 0 Å². The van der Waals surface area contributed by atoms with E-state index in [4.69, 9.17) is 17.3 Å². The minimum Gasteiger partial charge on any atom is -0.396 e. The molecule has 0 bridgehead atoms. The minimum atomic E-state index is -4.05. The fourth-order valence-electron chi connectivity index (χ4n) is 2.16. The molecular formula is C11H11ClFN5O2S. The van der Waals surface area contributed by atoms with Crippen LogP contribution in [0.1, 0.15) is 5.82 Å². The molecule has 7 nitrogen and oxygen atoms in total. The van der Waals surface area contributed by atoms with Crippen LogP contribution in [0.3, 0.4) is 0 Å². The van der Waals surface area contributed by atoms with Crippen molar-refractivity contribution in [3.8, 4) is 0 Å². The number of sulfonamides is 1. The lowest BCUT2D eigenvalue weighted by Crippen LogP contribution is -2.38. The van der Waals surface area contributed by atoms with Crippen LogP contribution in [0.25, 0.3) is 0 Å². The Labute approximate surface area is 125 Å². The van der Waals surface area contributed by atoms with Crippen molar-refractivity contribution in [3.05, 3.63) is 35.1 Å². The number of benzene rings is 1. The van der Waals surface area contributed by atoms with Crippen molar-refractivity contribution in [1.29, 1.82) is 0 Å². The Balaban J connectivity index is 2.03. The summed E-state index contributed by atoms with van der Waals surface area (Å²) in [6.45, 7) is 0.618. The summed E-state index contributed by atoms with van der Waals surface area (Å²) in [4.78, 5) is -0.527. The molecule has 1 aromatic heterocycles. The summed E-state index contributed by atoms with van der Waals surface area (Å²) in [7, 11) is -4.05. The van der Waals surface area contributed by atoms with Gasteiger partial charge >= 0.3 is 0 Å². The van der Waals surface area contributed by atoms with Crippen molar-refractivity contribution in [3.63, 3.8) is 0 Å². The van der Waals surface area contributed by atoms with E-state index in [9.17, 15) is 12.8 Å². The molecule has 1 aliphatic rings. The van der Waals surface area contributed by atoms with Gasteiger partial charge in [0.05, 0.1) is 12.2 Å². The quantitative estimate of drug-likeness (QED) is 0.824. The SMILES string of the molecule is Nc1cc(Cl)cc(S(=O)(=O)N2CCn3cnnc3C2)c1F. The van der Waals surface area contributed by atoms with E-state index < -0.39 is 20.7 Å². The zero-order valence-electron chi connectivity index (χ0n) is 10.7. The fraction of sp³-hybridized carbons (Fsp3) is 0.273. The van der Waals surface area contributed by atoms with Gasteiger partial charge in [0.15, 0.2) is 5.82 Å². The number of aromatic nitrogens is 3. The van der Waals surface area contributed by atoms with Crippen molar-refractivity contribution in [2.45, 2.75) is 18.0 Å². The molecule has 0 saturated carbocycles. The monoisotopic (exact) mass is 331 g/mol. The van der Waals surface area contributed by atoms with Crippen molar-refractivity contribution < 1.29 is 12.8 Å². The highest BCUT2D eigenvalue weighted by atomic mass is 35.5. The second-order valence-corrected chi connectivity index (χ2v) is 6.93. The summed E-state index contributed by atoms with van der Waals surface area (Å²) >= 11 is 5.77. The predicted molar refractivity (Wildman–Crippen MR) is 73.4 cm³/mol. The van der Waals surface area contributed by atoms with Crippen molar-refractivity contribution >= 4 is 27.3 Å². The first-order valence-corrected chi connectivity index (χ1v) is 7.83. The van der Waals surface area contributed by atoms with Gasteiger partial charge in [-0.25, -0.2) is 12.8 Å². The van der Waals surface area contributed by atoms with E-state index in [0.717, 1.165) is 10.4 Å². The van der Waals surface area contributed by atoms with Gasteiger partial charge in [0, 0.05) is 18.1 Å². The van der Waals surface area contributed by atoms with E-state index in [0.29, 0.717) is 12.4 Å². The third kappa shape index (κ3) is 2.37. The largest absolute Gasteiger partial charge is 0.396 e. The van der Waals surface area contributed by atoms with E-state index in [1.165, 1.54) is 12.4 Å². The van der Waals surface area contributed by atoms with Gasteiger partial charge in [-0.05, 0) is 12.1 Å². The number of nitrogens with two attached hydrogens (primary N) is 1. The molecule has 2 aromatic rings. The summed E-state index contributed by atoms with van der Waals surface area (Å²) in [5.74, 6) is -0.494. The molecule has 2 N–H and O–H groups in total. The summed E-state index contributed by atoms with van der Waals surface area (Å²) in [5, 5.41) is 7.61. The van der Waals surface area contributed by atoms with Crippen LogP contribution < -0.4 is 5.73 Å². The molecule has 21 heavy (non-hydrogen) atoms. The first-order valence-electron chi connectivity index (χ1n) is 6.01. The van der Waals surface area contributed by atoms with E-state index >= 15 is 0 Å². The van der Waals surface area contributed by atoms with Gasteiger partial charge < -0.3 is 10.3 Å². The summed E-state index contributed by atoms with van der Waals surface area (Å²) in [6, 6.07) is 2.23. The number of nitrogens with zero attached hydrogens (tertiary/aromatic N) is 4. The topological polar surface area (TPSA) is 94.1 Å². The Morgan fingerprint density at radius 2 is 2.10 bits per heavy atom. The minimum absolute atomic E-state index is 0.0220. The van der Waals surface area contributed by atoms with Crippen molar-refractivity contribution in [2.75, 3.05) is 12.3 Å². The van der Waals surface area contributed by atoms with Crippen LogP contribution in [0.15, 0.2) is 23.4 Å². The highest BCUT2D eigenvalue weighted by Crippen LogP contribution is 2.29. The van der Waals surface area contributed by atoms with Gasteiger partial charge in [0.1, 0.15) is 17.0 Å². The molecule has 112 valence electrons. The maximum atomic E-state index is 14.0. The maximum Gasteiger partial charge on any atom is 0.246 e. The Morgan fingerprint density at radius 3 is 2.86 bits per heavy atom. The highest BCUT2D eigenvalue weighted by Gasteiger charge is 2.32. The highest BCUT2D eigenvalue weighted by molar-refractivity contribution is 7.89. The second kappa shape index (κ2) is 4.93. The zero-order valence-corrected chi connectivity index (χ0v) is 12.3. The Morgan fingerprint density at radius 1 is 1.33 bits per heavy atom. The van der Waals surface area contributed by atoms with Crippen LogP contribution in [-0.2, 0) is 23.1 Å². The molecule has 0 amide bonds. The van der Waals surface area contributed by atoms with Crippen molar-refractivity contribution in [2.24, 2.45) is 0 Å².